The highest BCUT2D eigenvalue weighted by Gasteiger charge is 2.15. The maximum Gasteiger partial charge on any atom is 0.253 e. The van der Waals surface area contributed by atoms with E-state index in [4.69, 9.17) is 4.74 Å². The van der Waals surface area contributed by atoms with Crippen LogP contribution in [-0.2, 0) is 0 Å². The number of nitrogens with zero attached hydrogens (tertiary/aromatic N) is 2. The van der Waals surface area contributed by atoms with Crippen LogP contribution in [0.25, 0.3) is 5.69 Å². The summed E-state index contributed by atoms with van der Waals surface area (Å²) in [5.41, 5.74) is 2.59. The standard InChI is InChI=1S/C19H18BrN3O2/c1-13(14-3-5-15(6-4-14)23-10-9-21-12-23)22-19(24)17-11-16(25-2)7-8-18(17)20/h3-13H,1-2H3,(H,22,24)/t13-/m1/s1. The van der Waals surface area contributed by atoms with E-state index in [1.165, 1.54) is 0 Å². The Morgan fingerprint density at radius 2 is 2.00 bits per heavy atom. The fourth-order valence-electron chi connectivity index (χ4n) is 2.51. The number of carbonyl (C=O) groups excluding carboxylic acids is 1. The Morgan fingerprint density at radius 3 is 2.64 bits per heavy atom. The molecule has 1 amide bonds. The van der Waals surface area contributed by atoms with Crippen LogP contribution in [0, 0.1) is 0 Å². The molecule has 0 bridgehead atoms. The minimum absolute atomic E-state index is 0.123. The molecule has 0 radical (unpaired) electrons. The SMILES string of the molecule is COc1ccc(Br)c(C(=O)N[C@H](C)c2ccc(-n3ccnc3)cc2)c1. The van der Waals surface area contributed by atoms with Gasteiger partial charge in [0, 0.05) is 22.6 Å². The van der Waals surface area contributed by atoms with Crippen molar-refractivity contribution in [3.05, 3.63) is 76.8 Å². The summed E-state index contributed by atoms with van der Waals surface area (Å²) in [7, 11) is 1.58. The minimum atomic E-state index is -0.156. The molecule has 1 N–H and O–H groups in total. The highest BCUT2D eigenvalue weighted by molar-refractivity contribution is 9.10. The number of benzene rings is 2. The summed E-state index contributed by atoms with van der Waals surface area (Å²) in [6, 6.07) is 13.2. The molecule has 0 spiro atoms. The van der Waals surface area contributed by atoms with Crippen LogP contribution in [0.4, 0.5) is 0 Å². The van der Waals surface area contributed by atoms with Gasteiger partial charge in [0.1, 0.15) is 5.75 Å². The van der Waals surface area contributed by atoms with E-state index in [1.54, 1.807) is 37.8 Å². The number of methoxy groups -OCH3 is 1. The van der Waals surface area contributed by atoms with Crippen molar-refractivity contribution in [2.45, 2.75) is 13.0 Å². The quantitative estimate of drug-likeness (QED) is 0.701. The van der Waals surface area contributed by atoms with Gasteiger partial charge in [-0.2, -0.15) is 0 Å². The molecule has 2 aromatic carbocycles. The molecule has 0 aliphatic rings. The topological polar surface area (TPSA) is 56.1 Å². The van der Waals surface area contributed by atoms with Gasteiger partial charge in [-0.15, -0.1) is 0 Å². The largest absolute Gasteiger partial charge is 0.497 e. The molecule has 0 saturated carbocycles. The third-order valence-electron chi connectivity index (χ3n) is 3.96. The Morgan fingerprint density at radius 1 is 1.24 bits per heavy atom. The summed E-state index contributed by atoms with van der Waals surface area (Å²) in [6.07, 6.45) is 5.38. The molecule has 25 heavy (non-hydrogen) atoms. The maximum absolute atomic E-state index is 12.6. The van der Waals surface area contributed by atoms with E-state index in [0.29, 0.717) is 11.3 Å². The molecule has 3 rings (SSSR count). The number of halogens is 1. The van der Waals surface area contributed by atoms with E-state index in [2.05, 4.69) is 26.2 Å². The lowest BCUT2D eigenvalue weighted by Crippen LogP contribution is -2.27. The zero-order valence-electron chi connectivity index (χ0n) is 13.9. The number of imidazole rings is 1. The lowest BCUT2D eigenvalue weighted by molar-refractivity contribution is 0.0938. The monoisotopic (exact) mass is 399 g/mol. The molecule has 3 aromatic rings. The van der Waals surface area contributed by atoms with Crippen LogP contribution in [0.2, 0.25) is 0 Å². The molecule has 0 saturated heterocycles. The van der Waals surface area contributed by atoms with Crippen LogP contribution < -0.4 is 10.1 Å². The van der Waals surface area contributed by atoms with Gasteiger partial charge in [-0.05, 0) is 58.7 Å². The van der Waals surface area contributed by atoms with E-state index in [0.717, 1.165) is 15.7 Å². The van der Waals surface area contributed by atoms with Crippen molar-refractivity contribution in [2.75, 3.05) is 7.11 Å². The number of aromatic nitrogens is 2. The summed E-state index contributed by atoms with van der Waals surface area (Å²) in [5.74, 6) is 0.489. The molecule has 0 unspecified atom stereocenters. The summed E-state index contributed by atoms with van der Waals surface area (Å²) < 4.78 is 7.85. The number of carbonyl (C=O) groups is 1. The Hall–Kier alpha value is -2.60. The van der Waals surface area contributed by atoms with Crippen molar-refractivity contribution >= 4 is 21.8 Å². The number of amides is 1. The third-order valence-corrected chi connectivity index (χ3v) is 4.65. The Balaban J connectivity index is 1.73. The molecular formula is C19H18BrN3O2. The molecule has 128 valence electrons. The number of hydrogen-bond donors (Lipinski definition) is 1. The van der Waals surface area contributed by atoms with E-state index in [9.17, 15) is 4.79 Å². The first-order valence-corrected chi connectivity index (χ1v) is 8.60. The second-order valence-electron chi connectivity index (χ2n) is 5.60. The average Bonchev–Trinajstić information content (AvgIpc) is 3.17. The Kier molecular flexibility index (Phi) is 5.19. The number of nitrogens with one attached hydrogen (secondary N) is 1. The summed E-state index contributed by atoms with van der Waals surface area (Å²) >= 11 is 3.41. The first-order valence-electron chi connectivity index (χ1n) is 7.81. The zero-order valence-corrected chi connectivity index (χ0v) is 15.5. The lowest BCUT2D eigenvalue weighted by Gasteiger charge is -2.16. The zero-order chi connectivity index (χ0) is 17.8. The van der Waals surface area contributed by atoms with Gasteiger partial charge in [0.2, 0.25) is 0 Å². The van der Waals surface area contributed by atoms with Crippen LogP contribution in [0.15, 0.2) is 65.7 Å². The van der Waals surface area contributed by atoms with Crippen molar-refractivity contribution in [3.63, 3.8) is 0 Å². The summed E-state index contributed by atoms with van der Waals surface area (Å²) in [5, 5.41) is 3.02. The van der Waals surface area contributed by atoms with Crippen LogP contribution in [-0.4, -0.2) is 22.6 Å². The van der Waals surface area contributed by atoms with Crippen LogP contribution in [0.5, 0.6) is 5.75 Å². The maximum atomic E-state index is 12.6. The second kappa shape index (κ2) is 7.53. The normalized spacial score (nSPS) is 11.8. The van der Waals surface area contributed by atoms with Gasteiger partial charge in [0.05, 0.1) is 25.0 Å². The highest BCUT2D eigenvalue weighted by Crippen LogP contribution is 2.23. The summed E-state index contributed by atoms with van der Waals surface area (Å²) in [4.78, 5) is 16.6. The van der Waals surface area contributed by atoms with Gasteiger partial charge in [0.25, 0.3) is 5.91 Å². The van der Waals surface area contributed by atoms with Gasteiger partial charge in [0.15, 0.2) is 0 Å². The van der Waals surface area contributed by atoms with Crippen LogP contribution in [0.1, 0.15) is 28.9 Å². The average molecular weight is 400 g/mol. The van der Waals surface area contributed by atoms with E-state index in [-0.39, 0.29) is 11.9 Å². The Bertz CT molecular complexity index is 861. The first-order chi connectivity index (χ1) is 12.1. The number of rotatable bonds is 5. The fraction of sp³-hybridized carbons (Fsp3) is 0.158. The van der Waals surface area contributed by atoms with Crippen molar-refractivity contribution in [1.29, 1.82) is 0 Å². The van der Waals surface area contributed by atoms with Crippen molar-refractivity contribution in [3.8, 4) is 11.4 Å². The summed E-state index contributed by atoms with van der Waals surface area (Å²) in [6.45, 7) is 1.96. The first kappa shape index (κ1) is 17.2. The van der Waals surface area contributed by atoms with E-state index < -0.39 is 0 Å². The van der Waals surface area contributed by atoms with Gasteiger partial charge < -0.3 is 14.6 Å². The predicted octanol–water partition coefficient (Wildman–Crippen LogP) is 4.13. The second-order valence-corrected chi connectivity index (χ2v) is 6.46. The van der Waals surface area contributed by atoms with Gasteiger partial charge in [-0.25, -0.2) is 4.98 Å². The molecule has 6 heteroatoms. The minimum Gasteiger partial charge on any atom is -0.497 e. The molecular weight excluding hydrogens is 382 g/mol. The van der Waals surface area contributed by atoms with Crippen LogP contribution >= 0.6 is 15.9 Å². The van der Waals surface area contributed by atoms with Gasteiger partial charge >= 0.3 is 0 Å². The molecule has 1 atom stereocenters. The molecule has 0 aliphatic heterocycles. The molecule has 0 aliphatic carbocycles. The smallest absolute Gasteiger partial charge is 0.253 e. The molecule has 1 heterocycles. The van der Waals surface area contributed by atoms with Crippen molar-refractivity contribution < 1.29 is 9.53 Å². The molecule has 1 aromatic heterocycles. The van der Waals surface area contributed by atoms with Gasteiger partial charge in [-0.3, -0.25) is 4.79 Å². The van der Waals surface area contributed by atoms with E-state index >= 15 is 0 Å². The van der Waals surface area contributed by atoms with Crippen molar-refractivity contribution in [1.82, 2.24) is 14.9 Å². The van der Waals surface area contributed by atoms with E-state index in [1.807, 2.05) is 42.0 Å². The Labute approximate surface area is 154 Å². The third kappa shape index (κ3) is 3.91. The number of ether oxygens (including phenoxy) is 1. The predicted molar refractivity (Wildman–Crippen MR) is 100 cm³/mol. The molecule has 5 nitrogen and oxygen atoms in total. The molecule has 0 fully saturated rings. The van der Waals surface area contributed by atoms with Gasteiger partial charge in [-0.1, -0.05) is 12.1 Å². The lowest BCUT2D eigenvalue weighted by atomic mass is 10.1. The van der Waals surface area contributed by atoms with Crippen LogP contribution in [0.3, 0.4) is 0 Å². The van der Waals surface area contributed by atoms with Crippen molar-refractivity contribution in [2.24, 2.45) is 0 Å². The fourth-order valence-corrected chi connectivity index (χ4v) is 2.94. The highest BCUT2D eigenvalue weighted by atomic mass is 79.9. The number of hydrogen-bond acceptors (Lipinski definition) is 3.